The Balaban J connectivity index is 3.03. The number of hydrogen-bond donors (Lipinski definition) is 1. The maximum absolute atomic E-state index is 11.8. The lowest BCUT2D eigenvalue weighted by atomic mass is 10.1. The smallest absolute Gasteiger partial charge is 0.253 e. The number of amides is 1. The third-order valence-corrected chi connectivity index (χ3v) is 2.33. The van der Waals surface area contributed by atoms with Gasteiger partial charge in [0, 0.05) is 24.8 Å². The molecular weight excluding hydrogens is 190 g/mol. The van der Waals surface area contributed by atoms with Gasteiger partial charge < -0.3 is 10.6 Å². The minimum atomic E-state index is -0.0127. The summed E-state index contributed by atoms with van der Waals surface area (Å²) in [7, 11) is 1.77. The van der Waals surface area contributed by atoms with Crippen molar-refractivity contribution in [1.29, 1.82) is 0 Å². The van der Waals surface area contributed by atoms with Gasteiger partial charge in [-0.25, -0.2) is 4.98 Å². The normalized spacial score (nSPS) is 10.1. The zero-order valence-corrected chi connectivity index (χ0v) is 9.45. The molecule has 0 saturated carbocycles. The molecule has 0 aliphatic heterocycles. The Morgan fingerprint density at radius 3 is 2.67 bits per heavy atom. The van der Waals surface area contributed by atoms with Gasteiger partial charge in [-0.1, -0.05) is 6.92 Å². The molecule has 2 N–H and O–H groups in total. The predicted octanol–water partition coefficient (Wildman–Crippen LogP) is 1.32. The van der Waals surface area contributed by atoms with E-state index >= 15 is 0 Å². The number of carbonyl (C=O) groups is 1. The first kappa shape index (κ1) is 11.5. The maximum atomic E-state index is 11.8. The van der Waals surface area contributed by atoms with E-state index in [4.69, 9.17) is 5.73 Å². The van der Waals surface area contributed by atoms with Crippen LogP contribution in [0.2, 0.25) is 0 Å². The molecule has 0 aliphatic rings. The van der Waals surface area contributed by atoms with E-state index in [1.165, 1.54) is 0 Å². The molecule has 4 heteroatoms. The highest BCUT2D eigenvalue weighted by Gasteiger charge is 2.11. The highest BCUT2D eigenvalue weighted by molar-refractivity contribution is 5.94. The summed E-state index contributed by atoms with van der Waals surface area (Å²) in [6, 6.07) is 3.42. The second kappa shape index (κ2) is 4.77. The molecule has 1 heterocycles. The Kier molecular flexibility index (Phi) is 3.66. The Morgan fingerprint density at radius 2 is 2.13 bits per heavy atom. The van der Waals surface area contributed by atoms with Crippen molar-refractivity contribution < 1.29 is 4.79 Å². The first-order chi connectivity index (χ1) is 7.08. The Bertz CT molecular complexity index is 363. The summed E-state index contributed by atoms with van der Waals surface area (Å²) in [6.07, 6.45) is 0.779. The number of pyridine rings is 1. The van der Waals surface area contributed by atoms with Crippen molar-refractivity contribution >= 4 is 11.7 Å². The molecule has 0 aromatic carbocycles. The van der Waals surface area contributed by atoms with Crippen LogP contribution >= 0.6 is 0 Å². The fourth-order valence-electron chi connectivity index (χ4n) is 1.28. The van der Waals surface area contributed by atoms with Gasteiger partial charge in [-0.2, -0.15) is 0 Å². The number of anilines is 1. The minimum Gasteiger partial charge on any atom is -0.384 e. The van der Waals surface area contributed by atoms with Crippen LogP contribution in [0, 0.1) is 0 Å². The first-order valence-corrected chi connectivity index (χ1v) is 5.10. The lowest BCUT2D eigenvalue weighted by Gasteiger charge is -2.15. The SMILES string of the molecule is CCc1cc(C(=O)N(C)CC)cc(N)n1. The molecule has 0 radical (unpaired) electrons. The first-order valence-electron chi connectivity index (χ1n) is 5.10. The fraction of sp³-hybridized carbons (Fsp3) is 0.455. The largest absolute Gasteiger partial charge is 0.384 e. The number of nitrogens with zero attached hydrogens (tertiary/aromatic N) is 2. The number of carbonyl (C=O) groups excluding carboxylic acids is 1. The minimum absolute atomic E-state index is 0.0127. The molecule has 1 amide bonds. The highest BCUT2D eigenvalue weighted by atomic mass is 16.2. The van der Waals surface area contributed by atoms with Crippen LogP contribution in [-0.4, -0.2) is 29.4 Å². The molecule has 15 heavy (non-hydrogen) atoms. The van der Waals surface area contributed by atoms with Crippen molar-refractivity contribution in [1.82, 2.24) is 9.88 Å². The van der Waals surface area contributed by atoms with E-state index in [0.717, 1.165) is 12.1 Å². The lowest BCUT2D eigenvalue weighted by molar-refractivity contribution is 0.0802. The second-order valence-electron chi connectivity index (χ2n) is 3.44. The molecule has 0 bridgehead atoms. The summed E-state index contributed by atoms with van der Waals surface area (Å²) in [5, 5.41) is 0. The summed E-state index contributed by atoms with van der Waals surface area (Å²) in [6.45, 7) is 4.60. The van der Waals surface area contributed by atoms with Gasteiger partial charge in [0.15, 0.2) is 0 Å². The van der Waals surface area contributed by atoms with Crippen molar-refractivity contribution in [2.45, 2.75) is 20.3 Å². The summed E-state index contributed by atoms with van der Waals surface area (Å²) in [4.78, 5) is 17.6. The number of aromatic nitrogens is 1. The maximum Gasteiger partial charge on any atom is 0.253 e. The average molecular weight is 207 g/mol. The van der Waals surface area contributed by atoms with E-state index in [9.17, 15) is 4.79 Å². The van der Waals surface area contributed by atoms with Crippen LogP contribution in [0.15, 0.2) is 12.1 Å². The van der Waals surface area contributed by atoms with Crippen molar-refractivity contribution in [3.05, 3.63) is 23.4 Å². The highest BCUT2D eigenvalue weighted by Crippen LogP contribution is 2.10. The molecule has 1 aromatic heterocycles. The Hall–Kier alpha value is -1.58. The number of nitrogen functional groups attached to an aromatic ring is 1. The van der Waals surface area contributed by atoms with Gasteiger partial charge in [-0.05, 0) is 25.5 Å². The summed E-state index contributed by atoms with van der Waals surface area (Å²) in [5.74, 6) is 0.392. The predicted molar refractivity (Wildman–Crippen MR) is 60.7 cm³/mol. The van der Waals surface area contributed by atoms with Crippen molar-refractivity contribution in [3.63, 3.8) is 0 Å². The van der Waals surface area contributed by atoms with Gasteiger partial charge in [0.1, 0.15) is 5.82 Å². The lowest BCUT2D eigenvalue weighted by Crippen LogP contribution is -2.26. The van der Waals surface area contributed by atoms with E-state index < -0.39 is 0 Å². The number of aryl methyl sites for hydroxylation is 1. The molecule has 1 rings (SSSR count). The van der Waals surface area contributed by atoms with Gasteiger partial charge in [0.05, 0.1) is 0 Å². The molecule has 0 fully saturated rings. The van der Waals surface area contributed by atoms with Gasteiger partial charge in [-0.15, -0.1) is 0 Å². The molecule has 1 aromatic rings. The van der Waals surface area contributed by atoms with Crippen molar-refractivity contribution in [2.24, 2.45) is 0 Å². The molecule has 0 unspecified atom stereocenters. The molecule has 0 saturated heterocycles. The second-order valence-corrected chi connectivity index (χ2v) is 3.44. The number of hydrogen-bond acceptors (Lipinski definition) is 3. The molecular formula is C11H17N3O. The Morgan fingerprint density at radius 1 is 1.47 bits per heavy atom. The van der Waals surface area contributed by atoms with Crippen LogP contribution in [0.4, 0.5) is 5.82 Å². The van der Waals surface area contributed by atoms with Gasteiger partial charge in [0.2, 0.25) is 0 Å². The number of rotatable bonds is 3. The third kappa shape index (κ3) is 2.68. The van der Waals surface area contributed by atoms with Crippen LogP contribution in [0.5, 0.6) is 0 Å². The van der Waals surface area contributed by atoms with E-state index in [2.05, 4.69) is 4.98 Å². The standard InChI is InChI=1S/C11H17N3O/c1-4-9-6-8(7-10(12)13-9)11(15)14(3)5-2/h6-7H,4-5H2,1-3H3,(H2,12,13). The summed E-state index contributed by atoms with van der Waals surface area (Å²) >= 11 is 0. The third-order valence-electron chi connectivity index (χ3n) is 2.33. The van der Waals surface area contributed by atoms with Gasteiger partial charge in [0.25, 0.3) is 5.91 Å². The van der Waals surface area contributed by atoms with Crippen LogP contribution in [0.25, 0.3) is 0 Å². The Labute approximate surface area is 90.1 Å². The van der Waals surface area contributed by atoms with Crippen molar-refractivity contribution in [3.8, 4) is 0 Å². The molecule has 0 spiro atoms. The van der Waals surface area contributed by atoms with Crippen LogP contribution < -0.4 is 5.73 Å². The van der Waals surface area contributed by atoms with Crippen molar-refractivity contribution in [2.75, 3.05) is 19.3 Å². The van der Waals surface area contributed by atoms with E-state index in [0.29, 0.717) is 17.9 Å². The van der Waals surface area contributed by atoms with Crippen LogP contribution in [-0.2, 0) is 6.42 Å². The number of nitrogens with two attached hydrogens (primary N) is 1. The monoisotopic (exact) mass is 207 g/mol. The van der Waals surface area contributed by atoms with Gasteiger partial charge in [-0.3, -0.25) is 4.79 Å². The zero-order valence-electron chi connectivity index (χ0n) is 9.45. The average Bonchev–Trinajstić information content (AvgIpc) is 2.26. The topological polar surface area (TPSA) is 59.2 Å². The fourth-order valence-corrected chi connectivity index (χ4v) is 1.28. The van der Waals surface area contributed by atoms with E-state index in [1.54, 1.807) is 24.1 Å². The summed E-state index contributed by atoms with van der Waals surface area (Å²) < 4.78 is 0. The molecule has 82 valence electrons. The molecule has 0 atom stereocenters. The van der Waals surface area contributed by atoms with E-state index in [-0.39, 0.29) is 5.91 Å². The van der Waals surface area contributed by atoms with Crippen LogP contribution in [0.3, 0.4) is 0 Å². The quantitative estimate of drug-likeness (QED) is 0.813. The van der Waals surface area contributed by atoms with Gasteiger partial charge >= 0.3 is 0 Å². The zero-order chi connectivity index (χ0) is 11.4. The summed E-state index contributed by atoms with van der Waals surface area (Å²) in [5.41, 5.74) is 7.10. The van der Waals surface area contributed by atoms with E-state index in [1.807, 2.05) is 13.8 Å². The molecule has 4 nitrogen and oxygen atoms in total. The molecule has 0 aliphatic carbocycles. The van der Waals surface area contributed by atoms with Crippen LogP contribution in [0.1, 0.15) is 29.9 Å².